The Kier molecular flexibility index (Phi) is 2.93. The van der Waals surface area contributed by atoms with Crippen molar-refractivity contribution < 1.29 is 9.50 Å². The number of nitrogens with zero attached hydrogens (tertiary/aromatic N) is 2. The van der Waals surface area contributed by atoms with E-state index < -0.39 is 5.41 Å². The van der Waals surface area contributed by atoms with E-state index in [1.165, 1.54) is 12.1 Å². The summed E-state index contributed by atoms with van der Waals surface area (Å²) in [5.74, 6) is 0.735. The first kappa shape index (κ1) is 11.7. The van der Waals surface area contributed by atoms with E-state index in [0.29, 0.717) is 11.6 Å². The standard InChI is InChI=1S/C12H14FN3O/c1-12(2,8-3-5-9(13)6-4-8)11-14-10(7-17)15-16-11/h3-6,17H,7H2,1-2H3,(H,14,15,16). The number of aromatic amines is 1. The van der Waals surface area contributed by atoms with Gasteiger partial charge >= 0.3 is 0 Å². The van der Waals surface area contributed by atoms with E-state index >= 15 is 0 Å². The summed E-state index contributed by atoms with van der Waals surface area (Å²) in [7, 11) is 0. The molecule has 0 amide bonds. The second-order valence-electron chi connectivity index (χ2n) is 4.40. The third-order valence-corrected chi connectivity index (χ3v) is 2.81. The molecule has 4 nitrogen and oxygen atoms in total. The fourth-order valence-corrected chi connectivity index (χ4v) is 1.64. The molecule has 0 saturated carbocycles. The summed E-state index contributed by atoms with van der Waals surface area (Å²) in [6, 6.07) is 6.25. The lowest BCUT2D eigenvalue weighted by Gasteiger charge is -2.21. The highest BCUT2D eigenvalue weighted by Crippen LogP contribution is 2.28. The van der Waals surface area contributed by atoms with Gasteiger partial charge in [-0.3, -0.25) is 5.10 Å². The van der Waals surface area contributed by atoms with Crippen LogP contribution < -0.4 is 0 Å². The van der Waals surface area contributed by atoms with E-state index in [4.69, 9.17) is 5.11 Å². The van der Waals surface area contributed by atoms with E-state index in [-0.39, 0.29) is 12.4 Å². The molecule has 0 aliphatic heterocycles. The van der Waals surface area contributed by atoms with Crippen LogP contribution in [0.2, 0.25) is 0 Å². The SMILES string of the molecule is CC(C)(c1ccc(F)cc1)c1n[nH]c(CO)n1. The molecule has 0 aliphatic rings. The van der Waals surface area contributed by atoms with E-state index in [9.17, 15) is 4.39 Å². The average molecular weight is 235 g/mol. The molecule has 2 aromatic rings. The minimum Gasteiger partial charge on any atom is -0.388 e. The lowest BCUT2D eigenvalue weighted by Crippen LogP contribution is -2.20. The van der Waals surface area contributed by atoms with Gasteiger partial charge in [-0.15, -0.1) is 0 Å². The summed E-state index contributed by atoms with van der Waals surface area (Å²) in [6.07, 6.45) is 0. The summed E-state index contributed by atoms with van der Waals surface area (Å²) in [4.78, 5) is 4.19. The quantitative estimate of drug-likeness (QED) is 0.852. The van der Waals surface area contributed by atoms with Gasteiger partial charge < -0.3 is 5.11 Å². The molecule has 0 radical (unpaired) electrons. The van der Waals surface area contributed by atoms with Gasteiger partial charge in [0.2, 0.25) is 0 Å². The number of aliphatic hydroxyl groups excluding tert-OH is 1. The molecule has 5 heteroatoms. The zero-order valence-corrected chi connectivity index (χ0v) is 9.74. The molecule has 1 heterocycles. The number of nitrogens with one attached hydrogen (secondary N) is 1. The fourth-order valence-electron chi connectivity index (χ4n) is 1.64. The Bertz CT molecular complexity index is 505. The zero-order chi connectivity index (χ0) is 12.5. The van der Waals surface area contributed by atoms with Gasteiger partial charge in [0.25, 0.3) is 0 Å². The summed E-state index contributed by atoms with van der Waals surface area (Å²) in [5.41, 5.74) is 0.486. The number of H-pyrrole nitrogens is 1. The molecule has 0 fully saturated rings. The Hall–Kier alpha value is -1.75. The Morgan fingerprint density at radius 3 is 2.47 bits per heavy atom. The van der Waals surface area contributed by atoms with Gasteiger partial charge in [-0.25, -0.2) is 9.37 Å². The molecule has 2 rings (SSSR count). The van der Waals surface area contributed by atoms with Crippen molar-refractivity contribution in [2.45, 2.75) is 25.9 Å². The third kappa shape index (κ3) is 2.19. The minimum absolute atomic E-state index is 0.174. The topological polar surface area (TPSA) is 61.8 Å². The Labute approximate surface area is 98.5 Å². The molecule has 17 heavy (non-hydrogen) atoms. The molecule has 0 unspecified atom stereocenters. The van der Waals surface area contributed by atoms with Crippen molar-refractivity contribution in [2.24, 2.45) is 0 Å². The molecule has 0 saturated heterocycles. The van der Waals surface area contributed by atoms with Crippen LogP contribution in [0.1, 0.15) is 31.1 Å². The maximum absolute atomic E-state index is 12.9. The van der Waals surface area contributed by atoms with Crippen molar-refractivity contribution in [2.75, 3.05) is 0 Å². The van der Waals surface area contributed by atoms with Gasteiger partial charge in [-0.1, -0.05) is 12.1 Å². The monoisotopic (exact) mass is 235 g/mol. The molecule has 90 valence electrons. The third-order valence-electron chi connectivity index (χ3n) is 2.81. The number of hydrogen-bond donors (Lipinski definition) is 2. The minimum atomic E-state index is -0.433. The van der Waals surface area contributed by atoms with Crippen LogP contribution in [-0.4, -0.2) is 20.3 Å². The van der Waals surface area contributed by atoms with E-state index in [2.05, 4.69) is 15.2 Å². The van der Waals surface area contributed by atoms with Crippen LogP contribution in [0.3, 0.4) is 0 Å². The second-order valence-corrected chi connectivity index (χ2v) is 4.40. The van der Waals surface area contributed by atoms with Crippen molar-refractivity contribution in [3.63, 3.8) is 0 Å². The van der Waals surface area contributed by atoms with Crippen molar-refractivity contribution in [1.29, 1.82) is 0 Å². The van der Waals surface area contributed by atoms with Crippen molar-refractivity contribution in [3.05, 3.63) is 47.3 Å². The normalized spacial score (nSPS) is 11.8. The first-order chi connectivity index (χ1) is 8.04. The van der Waals surface area contributed by atoms with Gasteiger partial charge in [0, 0.05) is 0 Å². The van der Waals surface area contributed by atoms with Crippen LogP contribution in [0.4, 0.5) is 4.39 Å². The number of halogens is 1. The summed E-state index contributed by atoms with van der Waals surface area (Å²) < 4.78 is 12.9. The lowest BCUT2D eigenvalue weighted by atomic mass is 9.84. The Morgan fingerprint density at radius 1 is 1.29 bits per heavy atom. The molecule has 0 aliphatic carbocycles. The molecular weight excluding hydrogens is 221 g/mol. The van der Waals surface area contributed by atoms with Crippen LogP contribution in [0.5, 0.6) is 0 Å². The van der Waals surface area contributed by atoms with Gasteiger partial charge in [0.05, 0.1) is 5.41 Å². The van der Waals surface area contributed by atoms with Crippen LogP contribution in [0, 0.1) is 5.82 Å². The lowest BCUT2D eigenvalue weighted by molar-refractivity contribution is 0.271. The molecule has 2 N–H and O–H groups in total. The van der Waals surface area contributed by atoms with E-state index in [1.54, 1.807) is 12.1 Å². The Morgan fingerprint density at radius 2 is 1.94 bits per heavy atom. The molecule has 1 aromatic carbocycles. The summed E-state index contributed by atoms with van der Waals surface area (Å²) in [6.45, 7) is 3.72. The highest BCUT2D eigenvalue weighted by atomic mass is 19.1. The number of benzene rings is 1. The number of aromatic nitrogens is 3. The largest absolute Gasteiger partial charge is 0.388 e. The second kappa shape index (κ2) is 4.25. The van der Waals surface area contributed by atoms with Crippen LogP contribution in [0.25, 0.3) is 0 Å². The van der Waals surface area contributed by atoms with Crippen molar-refractivity contribution in [3.8, 4) is 0 Å². The fraction of sp³-hybridized carbons (Fsp3) is 0.333. The van der Waals surface area contributed by atoms with Crippen LogP contribution in [-0.2, 0) is 12.0 Å². The first-order valence-electron chi connectivity index (χ1n) is 5.32. The summed E-state index contributed by atoms with van der Waals surface area (Å²) >= 11 is 0. The predicted molar refractivity (Wildman–Crippen MR) is 60.8 cm³/mol. The molecule has 0 atom stereocenters. The molecular formula is C12H14FN3O. The summed E-state index contributed by atoms with van der Waals surface area (Å²) in [5, 5.41) is 15.7. The molecule has 0 spiro atoms. The predicted octanol–water partition coefficient (Wildman–Crippen LogP) is 1.76. The van der Waals surface area contributed by atoms with E-state index in [1.807, 2.05) is 13.8 Å². The smallest absolute Gasteiger partial charge is 0.160 e. The molecule has 1 aromatic heterocycles. The van der Waals surface area contributed by atoms with Crippen molar-refractivity contribution >= 4 is 0 Å². The van der Waals surface area contributed by atoms with E-state index in [0.717, 1.165) is 5.56 Å². The van der Waals surface area contributed by atoms with Crippen molar-refractivity contribution in [1.82, 2.24) is 15.2 Å². The van der Waals surface area contributed by atoms with Gasteiger partial charge in [0.15, 0.2) is 5.82 Å². The highest BCUT2D eigenvalue weighted by Gasteiger charge is 2.27. The molecule has 0 bridgehead atoms. The van der Waals surface area contributed by atoms with Crippen LogP contribution in [0.15, 0.2) is 24.3 Å². The number of hydrogen-bond acceptors (Lipinski definition) is 3. The maximum Gasteiger partial charge on any atom is 0.160 e. The van der Waals surface area contributed by atoms with Crippen LogP contribution >= 0.6 is 0 Å². The van der Waals surface area contributed by atoms with Gasteiger partial charge in [-0.05, 0) is 31.5 Å². The highest BCUT2D eigenvalue weighted by molar-refractivity contribution is 5.30. The number of aliphatic hydroxyl groups is 1. The van der Waals surface area contributed by atoms with Gasteiger partial charge in [-0.2, -0.15) is 5.10 Å². The van der Waals surface area contributed by atoms with Gasteiger partial charge in [0.1, 0.15) is 18.2 Å². The number of rotatable bonds is 3. The zero-order valence-electron chi connectivity index (χ0n) is 9.74. The average Bonchev–Trinajstić information content (AvgIpc) is 2.78. The first-order valence-corrected chi connectivity index (χ1v) is 5.32. The Balaban J connectivity index is 2.37. The maximum atomic E-state index is 12.9.